The summed E-state index contributed by atoms with van der Waals surface area (Å²) in [6.45, 7) is 0.0958. The van der Waals surface area contributed by atoms with E-state index in [1.807, 2.05) is 18.2 Å². The molecule has 7 nitrogen and oxygen atoms in total. The molecule has 2 aliphatic heterocycles. The summed E-state index contributed by atoms with van der Waals surface area (Å²) in [5.74, 6) is -2.01. The molecule has 1 spiro atoms. The molecule has 31 heavy (non-hydrogen) atoms. The molecule has 1 aromatic heterocycles. The second kappa shape index (κ2) is 6.59. The Bertz CT molecular complexity index is 1280. The Labute approximate surface area is 183 Å². The van der Waals surface area contributed by atoms with Crippen LogP contribution in [-0.2, 0) is 29.9 Å². The third-order valence-corrected chi connectivity index (χ3v) is 9.96. The molecule has 2 fully saturated rings. The lowest BCUT2D eigenvalue weighted by Crippen LogP contribution is -2.57. The van der Waals surface area contributed by atoms with Crippen molar-refractivity contribution in [3.63, 3.8) is 0 Å². The molecular weight excluding hydrogens is 436 g/mol. The van der Waals surface area contributed by atoms with E-state index in [4.69, 9.17) is 9.47 Å². The molecule has 1 saturated heterocycles. The number of para-hydroxylation sites is 2. The van der Waals surface area contributed by atoms with Crippen molar-refractivity contribution in [2.24, 2.45) is 5.92 Å². The lowest BCUT2D eigenvalue weighted by molar-refractivity contribution is -0.293. The highest BCUT2D eigenvalue weighted by atomic mass is 32.2. The molecule has 1 aliphatic carbocycles. The van der Waals surface area contributed by atoms with Crippen LogP contribution in [0.2, 0.25) is 0 Å². The maximum Gasteiger partial charge on any atom is 0.289 e. The number of carbonyl (C=O) groups excluding carboxylic acids is 1. The molecule has 1 unspecified atom stereocenters. The van der Waals surface area contributed by atoms with E-state index in [2.05, 4.69) is 10.3 Å². The number of fused-ring (bicyclic) bond motifs is 3. The highest BCUT2D eigenvalue weighted by Gasteiger charge is 2.63. The van der Waals surface area contributed by atoms with Crippen LogP contribution < -0.4 is 5.32 Å². The quantitative estimate of drug-likeness (QED) is 0.642. The number of sulfone groups is 1. The fraction of sp³-hybridized carbons (Fsp3) is 0.364. The minimum atomic E-state index is -4.00. The van der Waals surface area contributed by atoms with Crippen LogP contribution in [-0.4, -0.2) is 30.8 Å². The number of thiazole rings is 1. The first-order valence-corrected chi connectivity index (χ1v) is 12.6. The van der Waals surface area contributed by atoms with Gasteiger partial charge in [0, 0.05) is 12.0 Å². The van der Waals surface area contributed by atoms with Gasteiger partial charge in [-0.05, 0) is 30.5 Å². The number of ether oxygens (including phenoxy) is 2. The van der Waals surface area contributed by atoms with Crippen LogP contribution in [0.3, 0.4) is 0 Å². The lowest BCUT2D eigenvalue weighted by atomic mass is 10.0. The first kappa shape index (κ1) is 19.4. The van der Waals surface area contributed by atoms with Gasteiger partial charge in [-0.3, -0.25) is 4.79 Å². The Morgan fingerprint density at radius 3 is 2.71 bits per heavy atom. The molecular formula is C22H20N2O5S2. The van der Waals surface area contributed by atoms with Crippen molar-refractivity contribution < 1.29 is 22.7 Å². The Morgan fingerprint density at radius 1 is 1.13 bits per heavy atom. The standard InChI is InChI=1S/C22H20N2O5S2/c25-19-22(15-5-1-2-6-16(15)23-19)28-12-11-21(29-22,13-14-9-10-14)31(26,27)20-24-17-7-3-4-8-18(17)30-20/h1-8,14H,9-13H2,(H,23,25)/t21-,22?/m0/s1. The van der Waals surface area contributed by atoms with Crippen molar-refractivity contribution in [3.05, 3.63) is 54.1 Å². The summed E-state index contributed by atoms with van der Waals surface area (Å²) >= 11 is 1.14. The number of benzene rings is 2. The van der Waals surface area contributed by atoms with Crippen molar-refractivity contribution in [3.8, 4) is 0 Å². The monoisotopic (exact) mass is 456 g/mol. The number of amides is 1. The summed E-state index contributed by atoms with van der Waals surface area (Å²) in [5, 5.41) is 2.78. The number of hydrogen-bond acceptors (Lipinski definition) is 7. The van der Waals surface area contributed by atoms with E-state index in [9.17, 15) is 13.2 Å². The summed E-state index contributed by atoms with van der Waals surface area (Å²) in [6, 6.07) is 14.4. The molecule has 3 aliphatic rings. The smallest absolute Gasteiger partial charge is 0.289 e. The van der Waals surface area contributed by atoms with E-state index in [1.54, 1.807) is 30.3 Å². The lowest BCUT2D eigenvalue weighted by Gasteiger charge is -2.44. The van der Waals surface area contributed by atoms with Crippen LogP contribution in [0, 0.1) is 5.92 Å². The van der Waals surface area contributed by atoms with Crippen LogP contribution in [0.25, 0.3) is 10.2 Å². The van der Waals surface area contributed by atoms with Gasteiger partial charge in [-0.15, -0.1) is 11.3 Å². The van der Waals surface area contributed by atoms with Crippen molar-refractivity contribution >= 4 is 43.0 Å². The van der Waals surface area contributed by atoms with Crippen LogP contribution >= 0.6 is 11.3 Å². The van der Waals surface area contributed by atoms with Crippen LogP contribution in [0.5, 0.6) is 0 Å². The minimum Gasteiger partial charge on any atom is -0.338 e. The second-order valence-electron chi connectivity index (χ2n) is 8.33. The molecule has 1 saturated carbocycles. The van der Waals surface area contributed by atoms with E-state index in [0.717, 1.165) is 28.9 Å². The SMILES string of the molecule is O=C1Nc2ccccc2C12OCC[C@@](CC1CC1)(S(=O)(=O)c1nc3ccccc3s1)O2. The van der Waals surface area contributed by atoms with E-state index < -0.39 is 26.5 Å². The Kier molecular flexibility index (Phi) is 4.11. The largest absolute Gasteiger partial charge is 0.338 e. The molecule has 2 aromatic carbocycles. The maximum absolute atomic E-state index is 14.0. The van der Waals surface area contributed by atoms with Gasteiger partial charge in [-0.1, -0.05) is 43.2 Å². The normalized spacial score (nSPS) is 28.1. The number of aromatic nitrogens is 1. The van der Waals surface area contributed by atoms with Gasteiger partial charge in [0.2, 0.25) is 14.2 Å². The van der Waals surface area contributed by atoms with Gasteiger partial charge in [0.05, 0.1) is 22.5 Å². The molecule has 2 atom stereocenters. The fourth-order valence-electron chi connectivity index (χ4n) is 4.47. The Morgan fingerprint density at radius 2 is 1.90 bits per heavy atom. The van der Waals surface area contributed by atoms with Gasteiger partial charge in [-0.2, -0.15) is 0 Å². The van der Waals surface area contributed by atoms with Crippen molar-refractivity contribution in [2.75, 3.05) is 11.9 Å². The molecule has 6 rings (SSSR count). The highest BCUT2D eigenvalue weighted by molar-refractivity contribution is 7.94. The molecule has 0 radical (unpaired) electrons. The average Bonchev–Trinajstić information content (AvgIpc) is 3.39. The summed E-state index contributed by atoms with van der Waals surface area (Å²) < 4.78 is 41.2. The third kappa shape index (κ3) is 2.80. The predicted molar refractivity (Wildman–Crippen MR) is 115 cm³/mol. The number of nitrogens with zero attached hydrogens (tertiary/aromatic N) is 1. The Hall–Kier alpha value is -2.33. The molecule has 9 heteroatoms. The number of anilines is 1. The van der Waals surface area contributed by atoms with Crippen molar-refractivity contribution in [2.45, 2.75) is 40.7 Å². The zero-order valence-electron chi connectivity index (χ0n) is 16.5. The van der Waals surface area contributed by atoms with E-state index in [-0.39, 0.29) is 23.3 Å². The zero-order valence-corrected chi connectivity index (χ0v) is 18.2. The van der Waals surface area contributed by atoms with Gasteiger partial charge in [0.15, 0.2) is 4.93 Å². The zero-order chi connectivity index (χ0) is 21.3. The van der Waals surface area contributed by atoms with Gasteiger partial charge >= 0.3 is 0 Å². The van der Waals surface area contributed by atoms with Gasteiger partial charge in [-0.25, -0.2) is 13.4 Å². The fourth-order valence-corrected chi connectivity index (χ4v) is 7.90. The summed E-state index contributed by atoms with van der Waals surface area (Å²) in [6.07, 6.45) is 2.39. The van der Waals surface area contributed by atoms with Crippen molar-refractivity contribution in [1.29, 1.82) is 0 Å². The summed E-state index contributed by atoms with van der Waals surface area (Å²) in [7, 11) is -4.00. The molecule has 3 aromatic rings. The minimum absolute atomic E-state index is 0.0260. The topological polar surface area (TPSA) is 94.6 Å². The van der Waals surface area contributed by atoms with Gasteiger partial charge < -0.3 is 14.8 Å². The molecule has 160 valence electrons. The predicted octanol–water partition coefficient (Wildman–Crippen LogP) is 3.81. The van der Waals surface area contributed by atoms with E-state index in [0.29, 0.717) is 23.2 Å². The molecule has 1 amide bonds. The highest BCUT2D eigenvalue weighted by Crippen LogP contribution is 2.53. The first-order valence-electron chi connectivity index (χ1n) is 10.3. The average molecular weight is 457 g/mol. The van der Waals surface area contributed by atoms with Crippen LogP contribution in [0.1, 0.15) is 31.2 Å². The first-order chi connectivity index (χ1) is 14.9. The number of rotatable bonds is 4. The van der Waals surface area contributed by atoms with Crippen LogP contribution in [0.15, 0.2) is 52.9 Å². The van der Waals surface area contributed by atoms with E-state index in [1.165, 1.54) is 0 Å². The van der Waals surface area contributed by atoms with Gasteiger partial charge in [0.25, 0.3) is 11.7 Å². The van der Waals surface area contributed by atoms with Gasteiger partial charge in [0.1, 0.15) is 0 Å². The third-order valence-electron chi connectivity index (χ3n) is 6.24. The maximum atomic E-state index is 14.0. The number of carbonyl (C=O) groups is 1. The molecule has 3 heterocycles. The van der Waals surface area contributed by atoms with Crippen molar-refractivity contribution in [1.82, 2.24) is 4.98 Å². The molecule has 0 bridgehead atoms. The summed E-state index contributed by atoms with van der Waals surface area (Å²) in [4.78, 5) is 15.9. The second-order valence-corrected chi connectivity index (χ2v) is 11.8. The number of nitrogens with one attached hydrogen (secondary N) is 1. The van der Waals surface area contributed by atoms with E-state index >= 15 is 0 Å². The molecule has 1 N–H and O–H groups in total. The summed E-state index contributed by atoms with van der Waals surface area (Å²) in [5.41, 5.74) is 1.73. The Balaban J connectivity index is 1.50. The van der Waals surface area contributed by atoms with Crippen LogP contribution in [0.4, 0.5) is 5.69 Å². The number of hydrogen-bond donors (Lipinski definition) is 1.